The Morgan fingerprint density at radius 3 is 2.39 bits per heavy atom. The summed E-state index contributed by atoms with van der Waals surface area (Å²) in [6.45, 7) is 2.74. The average Bonchev–Trinajstić information content (AvgIpc) is 3.17. The van der Waals surface area contributed by atoms with Gasteiger partial charge in [-0.1, -0.05) is 18.5 Å². The highest BCUT2D eigenvalue weighted by Crippen LogP contribution is 2.54. The van der Waals surface area contributed by atoms with Crippen molar-refractivity contribution in [1.82, 2.24) is 0 Å². The summed E-state index contributed by atoms with van der Waals surface area (Å²) in [4.78, 5) is 0. The Bertz CT molecular complexity index is 456. The lowest BCUT2D eigenvalue weighted by atomic mass is 9.89. The molecule has 1 fully saturated rings. The van der Waals surface area contributed by atoms with E-state index < -0.39 is 0 Å². The third kappa shape index (κ3) is 1.95. The van der Waals surface area contributed by atoms with Crippen molar-refractivity contribution < 1.29 is 9.47 Å². The summed E-state index contributed by atoms with van der Waals surface area (Å²) >= 11 is 6.43. The molecule has 1 aliphatic rings. The van der Waals surface area contributed by atoms with Gasteiger partial charge in [-0.05, 0) is 24.8 Å². The second kappa shape index (κ2) is 4.98. The van der Waals surface area contributed by atoms with Crippen molar-refractivity contribution in [3.63, 3.8) is 0 Å². The maximum atomic E-state index is 6.43. The highest BCUT2D eigenvalue weighted by molar-refractivity contribution is 6.32. The SMILES string of the molecule is CCc1c(OC)c(OC)cc(Cl)c1C1(CN)CC1. The van der Waals surface area contributed by atoms with Gasteiger partial charge in [-0.2, -0.15) is 0 Å². The van der Waals surface area contributed by atoms with Gasteiger partial charge in [-0.15, -0.1) is 0 Å². The van der Waals surface area contributed by atoms with Crippen molar-refractivity contribution in [1.29, 1.82) is 0 Å². The van der Waals surface area contributed by atoms with E-state index in [4.69, 9.17) is 26.8 Å². The Morgan fingerprint density at radius 1 is 1.33 bits per heavy atom. The third-order valence-corrected chi connectivity index (χ3v) is 4.15. The lowest BCUT2D eigenvalue weighted by molar-refractivity contribution is 0.351. The first kappa shape index (κ1) is 13.5. The summed E-state index contributed by atoms with van der Waals surface area (Å²) in [7, 11) is 3.29. The van der Waals surface area contributed by atoms with Crippen molar-refractivity contribution in [2.75, 3.05) is 20.8 Å². The normalized spacial score (nSPS) is 16.5. The van der Waals surface area contributed by atoms with Gasteiger partial charge in [0.15, 0.2) is 11.5 Å². The van der Waals surface area contributed by atoms with Gasteiger partial charge in [-0.3, -0.25) is 0 Å². The predicted octanol–water partition coefficient (Wildman–Crippen LogP) is 2.91. The monoisotopic (exact) mass is 269 g/mol. The fourth-order valence-corrected chi connectivity index (χ4v) is 3.07. The molecular weight excluding hydrogens is 250 g/mol. The number of hydrogen-bond acceptors (Lipinski definition) is 3. The van der Waals surface area contributed by atoms with Crippen LogP contribution in [0.4, 0.5) is 0 Å². The summed E-state index contributed by atoms with van der Waals surface area (Å²) < 4.78 is 10.8. The van der Waals surface area contributed by atoms with Crippen LogP contribution in [0.3, 0.4) is 0 Å². The lowest BCUT2D eigenvalue weighted by Gasteiger charge is -2.23. The zero-order chi connectivity index (χ0) is 13.3. The fourth-order valence-electron chi connectivity index (χ4n) is 2.65. The van der Waals surface area contributed by atoms with Gasteiger partial charge in [-0.25, -0.2) is 0 Å². The zero-order valence-corrected chi connectivity index (χ0v) is 11.9. The molecule has 1 saturated carbocycles. The zero-order valence-electron chi connectivity index (χ0n) is 11.2. The number of halogens is 1. The second-order valence-electron chi connectivity index (χ2n) is 4.79. The topological polar surface area (TPSA) is 44.5 Å². The Kier molecular flexibility index (Phi) is 3.74. The van der Waals surface area contributed by atoms with E-state index in [2.05, 4.69) is 6.92 Å². The molecule has 0 heterocycles. The summed E-state index contributed by atoms with van der Waals surface area (Å²) in [6, 6.07) is 1.84. The first-order valence-corrected chi connectivity index (χ1v) is 6.65. The van der Waals surface area contributed by atoms with Crippen molar-refractivity contribution in [3.8, 4) is 11.5 Å². The number of benzene rings is 1. The van der Waals surface area contributed by atoms with Crippen LogP contribution in [0.15, 0.2) is 6.07 Å². The van der Waals surface area contributed by atoms with Crippen molar-refractivity contribution in [2.24, 2.45) is 5.73 Å². The van der Waals surface area contributed by atoms with Gasteiger partial charge >= 0.3 is 0 Å². The van der Waals surface area contributed by atoms with E-state index in [1.807, 2.05) is 6.07 Å². The molecule has 0 bridgehead atoms. The summed E-state index contributed by atoms with van der Waals surface area (Å²) in [5.41, 5.74) is 8.27. The first-order chi connectivity index (χ1) is 8.63. The molecule has 100 valence electrons. The number of nitrogens with two attached hydrogens (primary N) is 1. The first-order valence-electron chi connectivity index (χ1n) is 6.27. The minimum absolute atomic E-state index is 0.0575. The fraction of sp³-hybridized carbons (Fsp3) is 0.571. The van der Waals surface area contributed by atoms with E-state index in [1.54, 1.807) is 14.2 Å². The summed E-state index contributed by atoms with van der Waals surface area (Å²) in [5, 5.41) is 0.743. The smallest absolute Gasteiger partial charge is 0.164 e. The van der Waals surface area contributed by atoms with Crippen LogP contribution in [-0.4, -0.2) is 20.8 Å². The molecule has 2 N–H and O–H groups in total. The molecule has 0 spiro atoms. The van der Waals surface area contributed by atoms with Crippen LogP contribution in [0, 0.1) is 0 Å². The van der Waals surface area contributed by atoms with Gasteiger partial charge in [0.25, 0.3) is 0 Å². The Hall–Kier alpha value is -0.930. The van der Waals surface area contributed by atoms with E-state index in [1.165, 1.54) is 0 Å². The third-order valence-electron chi connectivity index (χ3n) is 3.85. The molecule has 18 heavy (non-hydrogen) atoms. The van der Waals surface area contributed by atoms with E-state index in [0.717, 1.165) is 41.2 Å². The van der Waals surface area contributed by atoms with Crippen LogP contribution >= 0.6 is 11.6 Å². The van der Waals surface area contributed by atoms with E-state index in [9.17, 15) is 0 Å². The molecule has 1 aliphatic carbocycles. The molecule has 1 aromatic carbocycles. The van der Waals surface area contributed by atoms with Crippen molar-refractivity contribution in [3.05, 3.63) is 22.2 Å². The maximum absolute atomic E-state index is 6.43. The molecule has 0 radical (unpaired) electrons. The highest BCUT2D eigenvalue weighted by Gasteiger charge is 2.46. The van der Waals surface area contributed by atoms with E-state index in [-0.39, 0.29) is 5.41 Å². The largest absolute Gasteiger partial charge is 0.493 e. The van der Waals surface area contributed by atoms with Crippen LogP contribution in [0.5, 0.6) is 11.5 Å². The Morgan fingerprint density at radius 2 is 2.00 bits per heavy atom. The standard InChI is InChI=1S/C14H20ClNO2/c1-4-9-12(14(8-16)5-6-14)10(15)7-11(17-2)13(9)18-3/h7H,4-6,8,16H2,1-3H3. The molecule has 0 aliphatic heterocycles. The van der Waals surface area contributed by atoms with E-state index >= 15 is 0 Å². The molecule has 2 rings (SSSR count). The van der Waals surface area contributed by atoms with Gasteiger partial charge < -0.3 is 15.2 Å². The van der Waals surface area contributed by atoms with Gasteiger partial charge in [0.05, 0.1) is 14.2 Å². The molecule has 1 aromatic rings. The van der Waals surface area contributed by atoms with Crippen LogP contribution in [0.1, 0.15) is 30.9 Å². The van der Waals surface area contributed by atoms with Gasteiger partial charge in [0, 0.05) is 28.6 Å². The summed E-state index contributed by atoms with van der Waals surface area (Å²) in [5.74, 6) is 1.48. The van der Waals surface area contributed by atoms with Crippen molar-refractivity contribution >= 4 is 11.6 Å². The van der Waals surface area contributed by atoms with Crippen LogP contribution < -0.4 is 15.2 Å². The van der Waals surface area contributed by atoms with Crippen molar-refractivity contribution in [2.45, 2.75) is 31.6 Å². The molecule has 3 nitrogen and oxygen atoms in total. The second-order valence-corrected chi connectivity index (χ2v) is 5.19. The number of methoxy groups -OCH3 is 2. The molecule has 0 aromatic heterocycles. The number of rotatable bonds is 5. The maximum Gasteiger partial charge on any atom is 0.164 e. The molecule has 0 unspecified atom stereocenters. The number of hydrogen-bond donors (Lipinski definition) is 1. The minimum Gasteiger partial charge on any atom is -0.493 e. The molecular formula is C14H20ClNO2. The van der Waals surface area contributed by atoms with Crippen LogP contribution in [-0.2, 0) is 11.8 Å². The predicted molar refractivity (Wildman–Crippen MR) is 73.9 cm³/mol. The number of ether oxygens (including phenoxy) is 2. The molecule has 4 heteroatoms. The van der Waals surface area contributed by atoms with E-state index in [0.29, 0.717) is 12.3 Å². The van der Waals surface area contributed by atoms with Gasteiger partial charge in [0.1, 0.15) is 0 Å². The Labute approximate surface area is 113 Å². The lowest BCUT2D eigenvalue weighted by Crippen LogP contribution is -2.22. The Balaban J connectivity index is 2.65. The summed E-state index contributed by atoms with van der Waals surface area (Å²) in [6.07, 6.45) is 3.06. The average molecular weight is 270 g/mol. The van der Waals surface area contributed by atoms with Crippen LogP contribution in [0.25, 0.3) is 0 Å². The molecule has 0 amide bonds. The quantitative estimate of drug-likeness (QED) is 0.894. The molecule has 0 saturated heterocycles. The highest BCUT2D eigenvalue weighted by atomic mass is 35.5. The van der Waals surface area contributed by atoms with Crippen LogP contribution in [0.2, 0.25) is 5.02 Å². The molecule has 0 atom stereocenters. The van der Waals surface area contributed by atoms with Gasteiger partial charge in [0.2, 0.25) is 0 Å². The minimum atomic E-state index is 0.0575.